The first-order valence-electron chi connectivity index (χ1n) is 12.7. The fourth-order valence-corrected chi connectivity index (χ4v) is 7.31. The molecular weight excluding hydrogens is 540 g/mol. The Morgan fingerprint density at radius 3 is 1.89 bits per heavy atom. The van der Waals surface area contributed by atoms with E-state index < -0.39 is 23.0 Å². The van der Waals surface area contributed by atoms with E-state index in [1.54, 1.807) is 23.9 Å². The quantitative estimate of drug-likeness (QED) is 0.296. The fourth-order valence-electron chi connectivity index (χ4n) is 7.04. The number of anilines is 2. The average Bonchev–Trinajstić information content (AvgIpc) is 3.48. The number of rotatable bonds is 2. The fraction of sp³-hybridized carbons (Fsp3) is 0.188. The van der Waals surface area contributed by atoms with Gasteiger partial charge in [-0.3, -0.25) is 9.59 Å². The molecule has 3 aliphatic rings. The lowest BCUT2D eigenvalue weighted by Gasteiger charge is -2.40. The summed E-state index contributed by atoms with van der Waals surface area (Å²) in [5.41, 5.74) is 2.11. The van der Waals surface area contributed by atoms with Crippen LogP contribution in [-0.4, -0.2) is 25.9 Å². The minimum absolute atomic E-state index is 0.134. The molecule has 188 valence electrons. The molecule has 4 aromatic rings. The maximum atomic E-state index is 14.9. The Kier molecular flexibility index (Phi) is 5.00. The van der Waals surface area contributed by atoms with Crippen LogP contribution in [0.15, 0.2) is 108 Å². The van der Waals surface area contributed by atoms with Crippen LogP contribution in [-0.2, 0) is 25.3 Å². The summed E-state index contributed by atoms with van der Waals surface area (Å²) in [5.74, 6) is -0.824. The van der Waals surface area contributed by atoms with Crippen molar-refractivity contribution >= 4 is 39.1 Å². The van der Waals surface area contributed by atoms with Crippen molar-refractivity contribution in [1.29, 1.82) is 0 Å². The van der Waals surface area contributed by atoms with E-state index in [1.807, 2.05) is 103 Å². The molecule has 7 rings (SSSR count). The number of carbonyl (C=O) groups is 2. The largest absolute Gasteiger partial charge is 0.350 e. The van der Waals surface area contributed by atoms with Crippen molar-refractivity contribution in [3.8, 4) is 0 Å². The molecule has 0 aromatic heterocycles. The van der Waals surface area contributed by atoms with Gasteiger partial charge in [-0.2, -0.15) is 0 Å². The van der Waals surface area contributed by atoms with Gasteiger partial charge in [0.25, 0.3) is 5.91 Å². The van der Waals surface area contributed by atoms with Crippen LogP contribution in [0.5, 0.6) is 0 Å². The summed E-state index contributed by atoms with van der Waals surface area (Å²) in [4.78, 5) is 32.9. The molecule has 0 saturated carbocycles. The highest BCUT2D eigenvalue weighted by Gasteiger charge is 2.79. The van der Waals surface area contributed by atoms with E-state index >= 15 is 0 Å². The van der Waals surface area contributed by atoms with E-state index in [0.717, 1.165) is 38.1 Å². The third kappa shape index (κ3) is 2.69. The molecule has 1 saturated heterocycles. The molecule has 5 nitrogen and oxygen atoms in total. The summed E-state index contributed by atoms with van der Waals surface area (Å²) in [7, 11) is 3.57. The lowest BCUT2D eigenvalue weighted by molar-refractivity contribution is -0.153. The van der Waals surface area contributed by atoms with Gasteiger partial charge < -0.3 is 14.5 Å². The molecule has 0 radical (unpaired) electrons. The van der Waals surface area contributed by atoms with Gasteiger partial charge in [0, 0.05) is 35.7 Å². The number of para-hydroxylation sites is 2. The highest BCUT2D eigenvalue weighted by Crippen LogP contribution is 2.71. The van der Waals surface area contributed by atoms with E-state index in [1.165, 1.54) is 0 Å². The molecule has 2 amide bonds. The smallest absolute Gasteiger partial charge is 0.265 e. The van der Waals surface area contributed by atoms with Crippen LogP contribution >= 0.6 is 15.9 Å². The number of ether oxygens (including phenoxy) is 1. The zero-order valence-electron chi connectivity index (χ0n) is 21.0. The molecule has 6 heteroatoms. The number of halogens is 1. The van der Waals surface area contributed by atoms with Crippen LogP contribution in [0, 0.1) is 0 Å². The van der Waals surface area contributed by atoms with Crippen LogP contribution in [0.1, 0.15) is 34.3 Å². The molecule has 0 unspecified atom stereocenters. The van der Waals surface area contributed by atoms with Crippen molar-refractivity contribution in [2.45, 2.75) is 23.0 Å². The van der Waals surface area contributed by atoms with Crippen molar-refractivity contribution in [3.63, 3.8) is 0 Å². The van der Waals surface area contributed by atoms with Gasteiger partial charge >= 0.3 is 0 Å². The van der Waals surface area contributed by atoms with Crippen LogP contribution in [0.25, 0.3) is 0 Å². The lowest BCUT2D eigenvalue weighted by atomic mass is 9.57. The Bertz CT molecular complexity index is 1600. The number of hydrogen-bond donors (Lipinski definition) is 0. The predicted octanol–water partition coefficient (Wildman–Crippen LogP) is 6.09. The Morgan fingerprint density at radius 1 is 0.658 bits per heavy atom. The summed E-state index contributed by atoms with van der Waals surface area (Å²) in [6, 6.07) is 33.6. The van der Waals surface area contributed by atoms with Gasteiger partial charge in [0.1, 0.15) is 5.41 Å². The second-order valence-electron chi connectivity index (χ2n) is 10.2. The third-order valence-electron chi connectivity index (χ3n) is 8.57. The zero-order chi connectivity index (χ0) is 26.2. The summed E-state index contributed by atoms with van der Waals surface area (Å²) < 4.78 is 8.12. The molecule has 1 fully saturated rings. The van der Waals surface area contributed by atoms with Gasteiger partial charge in [0.05, 0.1) is 11.8 Å². The van der Waals surface area contributed by atoms with Crippen LogP contribution in [0.2, 0.25) is 0 Å². The first-order chi connectivity index (χ1) is 18.4. The van der Waals surface area contributed by atoms with Gasteiger partial charge in [-0.1, -0.05) is 94.8 Å². The number of fused-ring (bicyclic) bond motifs is 5. The van der Waals surface area contributed by atoms with Gasteiger partial charge in [0.15, 0.2) is 5.60 Å². The van der Waals surface area contributed by atoms with Crippen molar-refractivity contribution < 1.29 is 14.3 Å². The number of benzene rings is 4. The number of carbonyl (C=O) groups excluding carboxylic acids is 2. The van der Waals surface area contributed by atoms with Gasteiger partial charge in [0.2, 0.25) is 5.91 Å². The minimum Gasteiger partial charge on any atom is -0.350 e. The minimum atomic E-state index is -1.55. The molecule has 0 aliphatic carbocycles. The molecule has 3 aliphatic heterocycles. The molecule has 0 bridgehead atoms. The van der Waals surface area contributed by atoms with E-state index in [-0.39, 0.29) is 11.8 Å². The first kappa shape index (κ1) is 23.4. The highest BCUT2D eigenvalue weighted by molar-refractivity contribution is 9.10. The Hall–Kier alpha value is -3.74. The summed E-state index contributed by atoms with van der Waals surface area (Å²) in [6.45, 7) is 0. The second kappa shape index (κ2) is 8.13. The SMILES string of the molecule is CN1C(=O)[C@@]2(O[C@@H](c3ccc(Br)cc3)[C@H](c3ccccc3)[C@@]23C(=O)N(C)c2ccccc23)c2ccccc21. The van der Waals surface area contributed by atoms with Crippen molar-refractivity contribution in [2.75, 3.05) is 23.9 Å². The third-order valence-corrected chi connectivity index (χ3v) is 9.10. The Morgan fingerprint density at radius 2 is 1.21 bits per heavy atom. The number of likely N-dealkylation sites (N-methyl/N-ethyl adjacent to an activating group) is 2. The monoisotopic (exact) mass is 564 g/mol. The van der Waals surface area contributed by atoms with E-state index in [4.69, 9.17) is 4.74 Å². The average molecular weight is 565 g/mol. The Labute approximate surface area is 229 Å². The van der Waals surface area contributed by atoms with Gasteiger partial charge in [-0.25, -0.2) is 0 Å². The van der Waals surface area contributed by atoms with E-state index in [9.17, 15) is 9.59 Å². The van der Waals surface area contributed by atoms with Crippen LogP contribution in [0.4, 0.5) is 11.4 Å². The summed E-state index contributed by atoms with van der Waals surface area (Å²) in [5, 5.41) is 0. The van der Waals surface area contributed by atoms with Gasteiger partial charge in [-0.05, 0) is 41.0 Å². The molecule has 38 heavy (non-hydrogen) atoms. The maximum absolute atomic E-state index is 14.9. The molecule has 2 spiro atoms. The lowest BCUT2D eigenvalue weighted by Crippen LogP contribution is -2.58. The molecule has 4 aromatic carbocycles. The van der Waals surface area contributed by atoms with Crippen LogP contribution < -0.4 is 9.80 Å². The molecule has 0 N–H and O–H groups in total. The normalized spacial score (nSPS) is 27.4. The second-order valence-corrected chi connectivity index (χ2v) is 11.1. The summed E-state index contributed by atoms with van der Waals surface area (Å²) in [6.07, 6.45) is -0.558. The molecule has 4 atom stereocenters. The number of hydrogen-bond acceptors (Lipinski definition) is 3. The van der Waals surface area contributed by atoms with Crippen molar-refractivity contribution in [1.82, 2.24) is 0 Å². The van der Waals surface area contributed by atoms with E-state index in [0.29, 0.717) is 0 Å². The first-order valence-corrected chi connectivity index (χ1v) is 13.5. The van der Waals surface area contributed by atoms with Crippen molar-refractivity contribution in [3.05, 3.63) is 130 Å². The highest BCUT2D eigenvalue weighted by atomic mass is 79.9. The molecular formula is C32H25BrN2O3. The summed E-state index contributed by atoms with van der Waals surface area (Å²) >= 11 is 3.55. The Balaban J connectivity index is 1.64. The zero-order valence-corrected chi connectivity index (χ0v) is 22.6. The molecule has 3 heterocycles. The predicted molar refractivity (Wildman–Crippen MR) is 150 cm³/mol. The maximum Gasteiger partial charge on any atom is 0.265 e. The standard InChI is InChI=1S/C32H25BrN2O3/c1-34-25-14-8-6-12-23(25)31(29(34)36)27(20-10-4-3-5-11-20)28(21-16-18-22(33)19-17-21)38-32(31)24-13-7-9-15-26(24)35(2)30(32)37/h3-19,27-28H,1-2H3/t27-,28-,31-,32-/m0/s1. The van der Waals surface area contributed by atoms with Gasteiger partial charge in [-0.15, -0.1) is 0 Å². The van der Waals surface area contributed by atoms with Crippen LogP contribution in [0.3, 0.4) is 0 Å². The number of nitrogens with zero attached hydrogens (tertiary/aromatic N) is 2. The number of amides is 2. The topological polar surface area (TPSA) is 49.9 Å². The van der Waals surface area contributed by atoms with Crippen molar-refractivity contribution in [2.24, 2.45) is 0 Å². The van der Waals surface area contributed by atoms with E-state index in [2.05, 4.69) is 15.9 Å².